The van der Waals surface area contributed by atoms with Gasteiger partial charge < -0.3 is 9.72 Å². The van der Waals surface area contributed by atoms with Crippen LogP contribution < -0.4 is 5.32 Å². The molecule has 0 spiro atoms. The number of benzene rings is 1. The molecule has 1 N–H and O–H groups in total. The molecule has 3 aromatic rings. The van der Waals surface area contributed by atoms with Gasteiger partial charge in [-0.3, -0.25) is 4.79 Å². The van der Waals surface area contributed by atoms with Crippen LogP contribution in [-0.2, 0) is 6.42 Å². The Balaban J connectivity index is 2.07. The second-order valence-corrected chi connectivity index (χ2v) is 5.07. The molecule has 4 rings (SSSR count). The molecule has 0 unspecified atom stereocenters. The van der Waals surface area contributed by atoms with Crippen molar-refractivity contribution < 1.29 is 4.79 Å². The second-order valence-electron chi connectivity index (χ2n) is 5.07. The average Bonchev–Trinajstić information content (AvgIpc) is 2.78. The number of hydrogen-bond donors (Lipinski definition) is 1. The van der Waals surface area contributed by atoms with Crippen LogP contribution in [-0.4, -0.2) is 16.9 Å². The van der Waals surface area contributed by atoms with E-state index in [2.05, 4.69) is 28.0 Å². The maximum absolute atomic E-state index is 12.1. The van der Waals surface area contributed by atoms with Gasteiger partial charge in [-0.1, -0.05) is 30.3 Å². The van der Waals surface area contributed by atoms with Gasteiger partial charge in [0.05, 0.1) is 11.1 Å². The van der Waals surface area contributed by atoms with E-state index in [-0.39, 0.29) is 5.91 Å². The minimum atomic E-state index is 0.0204. The molecule has 3 nitrogen and oxygen atoms in total. The fourth-order valence-electron chi connectivity index (χ4n) is 2.99. The van der Waals surface area contributed by atoms with Crippen LogP contribution >= 0.6 is 0 Å². The molecule has 3 heterocycles. The first kappa shape index (κ1) is 11.3. The molecule has 0 saturated carbocycles. The first-order chi connectivity index (χ1) is 9.84. The summed E-state index contributed by atoms with van der Waals surface area (Å²) in [5.41, 5.74) is 5.48. The number of carbonyl (C=O) groups is 1. The monoisotopic (exact) mass is 262 g/mol. The average molecular weight is 262 g/mol. The van der Waals surface area contributed by atoms with Gasteiger partial charge in [-0.15, -0.1) is 0 Å². The normalized spacial score (nSPS) is 14.1. The minimum Gasteiger partial charge on any atom is -0.352 e. The Morgan fingerprint density at radius 1 is 1.00 bits per heavy atom. The Hall–Kier alpha value is -2.55. The smallest absolute Gasteiger partial charge is 0.253 e. The highest BCUT2D eigenvalue weighted by atomic mass is 16.1. The summed E-state index contributed by atoms with van der Waals surface area (Å²) >= 11 is 0. The Morgan fingerprint density at radius 3 is 2.70 bits per heavy atom. The Labute approximate surface area is 116 Å². The van der Waals surface area contributed by atoms with Crippen molar-refractivity contribution in [1.82, 2.24) is 9.72 Å². The molecule has 0 bridgehead atoms. The number of rotatable bonds is 1. The highest BCUT2D eigenvalue weighted by Gasteiger charge is 2.21. The summed E-state index contributed by atoms with van der Waals surface area (Å²) < 4.78 is 2.07. The highest BCUT2D eigenvalue weighted by molar-refractivity contribution is 6.03. The lowest BCUT2D eigenvalue weighted by molar-refractivity contribution is 0.0957. The largest absolute Gasteiger partial charge is 0.352 e. The number of carbonyl (C=O) groups excluding carboxylic acids is 1. The zero-order valence-electron chi connectivity index (χ0n) is 11.0. The van der Waals surface area contributed by atoms with Crippen molar-refractivity contribution in [3.63, 3.8) is 0 Å². The van der Waals surface area contributed by atoms with Gasteiger partial charge in [-0.2, -0.15) is 0 Å². The Bertz CT molecular complexity index is 802. The summed E-state index contributed by atoms with van der Waals surface area (Å²) in [4.78, 5) is 12.1. The number of nitrogens with one attached hydrogen (secondary N) is 1. The van der Waals surface area contributed by atoms with E-state index in [1.54, 1.807) is 0 Å². The van der Waals surface area contributed by atoms with Crippen LogP contribution in [0.1, 0.15) is 15.9 Å². The molecule has 1 aliphatic heterocycles. The molecule has 1 aliphatic rings. The lowest BCUT2D eigenvalue weighted by Gasteiger charge is -2.02. The van der Waals surface area contributed by atoms with E-state index in [0.29, 0.717) is 6.54 Å². The maximum Gasteiger partial charge on any atom is 0.253 e. The predicted molar refractivity (Wildman–Crippen MR) is 78.9 cm³/mol. The fraction of sp³-hybridized carbons (Fsp3) is 0.118. The number of amides is 1. The van der Waals surface area contributed by atoms with Gasteiger partial charge in [0, 0.05) is 24.5 Å². The number of nitrogens with zero attached hydrogens (tertiary/aromatic N) is 1. The topological polar surface area (TPSA) is 33.5 Å². The molecule has 20 heavy (non-hydrogen) atoms. The van der Waals surface area contributed by atoms with Crippen molar-refractivity contribution in [2.24, 2.45) is 0 Å². The van der Waals surface area contributed by atoms with Gasteiger partial charge in [-0.25, -0.2) is 0 Å². The first-order valence-electron chi connectivity index (χ1n) is 6.81. The van der Waals surface area contributed by atoms with Gasteiger partial charge in [-0.05, 0) is 29.7 Å². The third-order valence-electron chi connectivity index (χ3n) is 3.89. The zero-order valence-corrected chi connectivity index (χ0v) is 11.0. The fourth-order valence-corrected chi connectivity index (χ4v) is 2.99. The standard InChI is InChI=1S/C17H14N2O/c20-17-14-7-4-10-19-11-15(12-5-2-1-3-6-12)13(16(14)19)8-9-18-17/h1-7,10-11H,8-9H2,(H,18,20). The van der Waals surface area contributed by atoms with E-state index in [9.17, 15) is 4.79 Å². The van der Waals surface area contributed by atoms with Crippen LogP contribution in [0.4, 0.5) is 0 Å². The van der Waals surface area contributed by atoms with Crippen LogP contribution in [0.15, 0.2) is 54.9 Å². The zero-order chi connectivity index (χ0) is 13.5. The number of pyridine rings is 1. The molecule has 0 radical (unpaired) electrons. The molecule has 1 amide bonds. The van der Waals surface area contributed by atoms with Crippen LogP contribution in [0, 0.1) is 0 Å². The lowest BCUT2D eigenvalue weighted by Crippen LogP contribution is -2.23. The molecule has 2 aromatic heterocycles. The molecule has 98 valence electrons. The van der Waals surface area contributed by atoms with Gasteiger partial charge >= 0.3 is 0 Å². The second kappa shape index (κ2) is 4.23. The van der Waals surface area contributed by atoms with E-state index in [1.165, 1.54) is 16.7 Å². The molecular weight excluding hydrogens is 248 g/mol. The van der Waals surface area contributed by atoms with Gasteiger partial charge in [0.1, 0.15) is 0 Å². The summed E-state index contributed by atoms with van der Waals surface area (Å²) in [5.74, 6) is 0.0204. The molecule has 0 aliphatic carbocycles. The van der Waals surface area contributed by atoms with E-state index < -0.39 is 0 Å². The summed E-state index contributed by atoms with van der Waals surface area (Å²) in [6.07, 6.45) is 5.00. The van der Waals surface area contributed by atoms with E-state index >= 15 is 0 Å². The first-order valence-corrected chi connectivity index (χ1v) is 6.81. The number of aromatic nitrogens is 1. The molecule has 0 saturated heterocycles. The quantitative estimate of drug-likeness (QED) is 0.718. The summed E-state index contributed by atoms with van der Waals surface area (Å²) in [6.45, 7) is 0.688. The molecular formula is C17H14N2O. The highest BCUT2D eigenvalue weighted by Crippen LogP contribution is 2.31. The van der Waals surface area contributed by atoms with Crippen molar-refractivity contribution >= 4 is 11.4 Å². The molecule has 0 atom stereocenters. The van der Waals surface area contributed by atoms with E-state index in [1.807, 2.05) is 36.5 Å². The Kier molecular flexibility index (Phi) is 2.39. The Morgan fingerprint density at radius 2 is 1.85 bits per heavy atom. The minimum absolute atomic E-state index is 0.0204. The van der Waals surface area contributed by atoms with Crippen LogP contribution in [0.25, 0.3) is 16.6 Å². The molecule has 1 aromatic carbocycles. The van der Waals surface area contributed by atoms with Crippen molar-refractivity contribution in [3.8, 4) is 11.1 Å². The third kappa shape index (κ3) is 1.56. The van der Waals surface area contributed by atoms with Gasteiger partial charge in [0.25, 0.3) is 5.91 Å². The SMILES string of the molecule is O=C1NCCc2c(-c3ccccc3)cn3cccc1c23. The van der Waals surface area contributed by atoms with Gasteiger partial charge in [0.15, 0.2) is 0 Å². The van der Waals surface area contributed by atoms with Crippen molar-refractivity contribution in [2.75, 3.05) is 6.54 Å². The van der Waals surface area contributed by atoms with E-state index in [0.717, 1.165) is 17.5 Å². The third-order valence-corrected chi connectivity index (χ3v) is 3.89. The predicted octanol–water partition coefficient (Wildman–Crippen LogP) is 2.89. The molecule has 3 heteroatoms. The summed E-state index contributed by atoms with van der Waals surface area (Å²) in [7, 11) is 0. The van der Waals surface area contributed by atoms with Crippen LogP contribution in [0.5, 0.6) is 0 Å². The van der Waals surface area contributed by atoms with Crippen LogP contribution in [0.3, 0.4) is 0 Å². The summed E-state index contributed by atoms with van der Waals surface area (Å²) in [5, 5.41) is 2.96. The van der Waals surface area contributed by atoms with Crippen molar-refractivity contribution in [2.45, 2.75) is 6.42 Å². The van der Waals surface area contributed by atoms with Gasteiger partial charge in [0.2, 0.25) is 0 Å². The van der Waals surface area contributed by atoms with Crippen LogP contribution in [0.2, 0.25) is 0 Å². The van der Waals surface area contributed by atoms with Crippen molar-refractivity contribution in [3.05, 3.63) is 66.0 Å². The maximum atomic E-state index is 12.1. The summed E-state index contributed by atoms with van der Waals surface area (Å²) in [6, 6.07) is 14.2. The van der Waals surface area contributed by atoms with Crippen molar-refractivity contribution in [1.29, 1.82) is 0 Å². The van der Waals surface area contributed by atoms with E-state index in [4.69, 9.17) is 0 Å². The molecule has 0 fully saturated rings. The lowest BCUT2D eigenvalue weighted by atomic mass is 10.0. The number of hydrogen-bond acceptors (Lipinski definition) is 1.